The Morgan fingerprint density at radius 1 is 1.28 bits per heavy atom. The van der Waals surface area contributed by atoms with E-state index in [4.69, 9.17) is 5.73 Å². The Kier molecular flexibility index (Phi) is 3.76. The maximum atomic E-state index is 12.2. The van der Waals surface area contributed by atoms with E-state index in [1.807, 2.05) is 0 Å². The van der Waals surface area contributed by atoms with E-state index in [0.717, 1.165) is 5.69 Å². The maximum Gasteiger partial charge on any atom is 0.228 e. The summed E-state index contributed by atoms with van der Waals surface area (Å²) in [7, 11) is 0. The molecule has 1 aromatic rings. The van der Waals surface area contributed by atoms with Crippen LogP contribution in [0.4, 0.5) is 11.5 Å². The Labute approximate surface area is 113 Å². The first-order valence-corrected chi connectivity index (χ1v) is 6.26. The van der Waals surface area contributed by atoms with Gasteiger partial charge in [-0.05, 0) is 49.7 Å². The molecular weight excluding hydrogens is 250 g/mol. The van der Waals surface area contributed by atoms with Gasteiger partial charge in [0.1, 0.15) is 5.82 Å². The lowest BCUT2D eigenvalue weighted by atomic mass is 9.97. The summed E-state index contributed by atoms with van der Waals surface area (Å²) >= 11 is 0. The van der Waals surface area contributed by atoms with Crippen LogP contribution in [-0.4, -0.2) is 10.9 Å². The molecule has 2 aliphatic rings. The van der Waals surface area contributed by atoms with Crippen LogP contribution < -0.4 is 11.1 Å². The van der Waals surface area contributed by atoms with Crippen molar-refractivity contribution >= 4 is 29.8 Å². The number of halogens is 1. The van der Waals surface area contributed by atoms with Gasteiger partial charge < -0.3 is 11.1 Å². The lowest BCUT2D eigenvalue weighted by molar-refractivity contribution is -0.121. The minimum absolute atomic E-state index is 0. The number of carbonyl (C=O) groups excluding carboxylic acids is 1. The van der Waals surface area contributed by atoms with Crippen molar-refractivity contribution in [3.63, 3.8) is 0 Å². The molecule has 18 heavy (non-hydrogen) atoms. The zero-order valence-electron chi connectivity index (χ0n) is 10.1. The van der Waals surface area contributed by atoms with Gasteiger partial charge in [-0.15, -0.1) is 12.4 Å². The summed E-state index contributed by atoms with van der Waals surface area (Å²) in [4.78, 5) is 16.2. The Bertz CT molecular complexity index is 414. The second kappa shape index (κ2) is 5.14. The Hall–Kier alpha value is -1.29. The highest BCUT2D eigenvalue weighted by Crippen LogP contribution is 2.49. The second-order valence-electron chi connectivity index (χ2n) is 5.16. The van der Waals surface area contributed by atoms with Crippen LogP contribution >= 0.6 is 12.4 Å². The third-order valence-corrected chi connectivity index (χ3v) is 3.62. The van der Waals surface area contributed by atoms with E-state index in [2.05, 4.69) is 10.3 Å². The highest BCUT2D eigenvalue weighted by Gasteiger charge is 2.45. The summed E-state index contributed by atoms with van der Waals surface area (Å²) in [6.07, 6.45) is 6.48. The number of nitrogen functional groups attached to an aromatic ring is 1. The van der Waals surface area contributed by atoms with Crippen LogP contribution in [0.2, 0.25) is 0 Å². The fourth-order valence-corrected chi connectivity index (χ4v) is 2.43. The fraction of sp³-hybridized carbons (Fsp3) is 0.538. The summed E-state index contributed by atoms with van der Waals surface area (Å²) in [6, 6.07) is 3.51. The van der Waals surface area contributed by atoms with E-state index >= 15 is 0 Å². The first kappa shape index (κ1) is 13.1. The van der Waals surface area contributed by atoms with E-state index in [-0.39, 0.29) is 24.2 Å². The van der Waals surface area contributed by atoms with Crippen LogP contribution in [0.1, 0.15) is 25.7 Å². The minimum atomic E-state index is 0. The van der Waals surface area contributed by atoms with Crippen molar-refractivity contribution in [2.75, 3.05) is 11.1 Å². The number of nitrogens with two attached hydrogens (primary N) is 1. The van der Waals surface area contributed by atoms with E-state index in [1.54, 1.807) is 18.3 Å². The topological polar surface area (TPSA) is 68.0 Å². The Balaban J connectivity index is 0.00000120. The van der Waals surface area contributed by atoms with Crippen LogP contribution in [-0.2, 0) is 4.79 Å². The quantitative estimate of drug-likeness (QED) is 0.881. The average molecular weight is 268 g/mol. The molecule has 4 nitrogen and oxygen atoms in total. The van der Waals surface area contributed by atoms with Crippen LogP contribution in [0, 0.1) is 17.8 Å². The van der Waals surface area contributed by atoms with Crippen LogP contribution in [0.3, 0.4) is 0 Å². The van der Waals surface area contributed by atoms with Gasteiger partial charge in [-0.25, -0.2) is 4.98 Å². The molecule has 2 aliphatic carbocycles. The maximum absolute atomic E-state index is 12.2. The predicted octanol–water partition coefficient (Wildman–Crippen LogP) is 2.46. The number of aromatic nitrogens is 1. The molecule has 0 bridgehead atoms. The minimum Gasteiger partial charge on any atom is -0.384 e. The van der Waals surface area contributed by atoms with E-state index in [1.165, 1.54) is 25.7 Å². The SMILES string of the molecule is Cl.Nc1ccc(NC(=O)C(C2CC2)C2CC2)cn1. The molecular formula is C13H18ClN3O. The molecule has 1 heterocycles. The highest BCUT2D eigenvalue weighted by atomic mass is 35.5. The van der Waals surface area contributed by atoms with Crippen molar-refractivity contribution in [3.05, 3.63) is 18.3 Å². The highest BCUT2D eigenvalue weighted by molar-refractivity contribution is 5.93. The molecule has 0 aromatic carbocycles. The molecule has 2 saturated carbocycles. The van der Waals surface area contributed by atoms with Gasteiger partial charge in [-0.3, -0.25) is 4.79 Å². The second-order valence-corrected chi connectivity index (χ2v) is 5.16. The number of hydrogen-bond donors (Lipinski definition) is 2. The summed E-state index contributed by atoms with van der Waals surface area (Å²) in [5.74, 6) is 2.13. The van der Waals surface area contributed by atoms with Crippen molar-refractivity contribution in [2.45, 2.75) is 25.7 Å². The van der Waals surface area contributed by atoms with E-state index in [0.29, 0.717) is 17.7 Å². The summed E-state index contributed by atoms with van der Waals surface area (Å²) in [5.41, 5.74) is 6.26. The predicted molar refractivity (Wildman–Crippen MR) is 73.5 cm³/mol. The zero-order chi connectivity index (χ0) is 11.8. The number of hydrogen-bond acceptors (Lipinski definition) is 3. The zero-order valence-corrected chi connectivity index (χ0v) is 11.0. The van der Waals surface area contributed by atoms with Gasteiger partial charge in [0.2, 0.25) is 5.91 Å². The van der Waals surface area contributed by atoms with E-state index in [9.17, 15) is 4.79 Å². The normalized spacial score (nSPS) is 18.3. The molecule has 2 fully saturated rings. The van der Waals surface area contributed by atoms with Crippen molar-refractivity contribution < 1.29 is 4.79 Å². The van der Waals surface area contributed by atoms with Crippen molar-refractivity contribution in [2.24, 2.45) is 17.8 Å². The molecule has 0 aliphatic heterocycles. The first-order valence-electron chi connectivity index (χ1n) is 6.26. The third-order valence-electron chi connectivity index (χ3n) is 3.62. The van der Waals surface area contributed by atoms with E-state index < -0.39 is 0 Å². The third kappa shape index (κ3) is 2.93. The number of rotatable bonds is 4. The molecule has 3 rings (SSSR count). The van der Waals surface area contributed by atoms with Gasteiger partial charge in [0.25, 0.3) is 0 Å². The number of carbonyl (C=O) groups is 1. The number of amides is 1. The fourth-order valence-electron chi connectivity index (χ4n) is 2.43. The first-order chi connectivity index (χ1) is 8.24. The van der Waals surface area contributed by atoms with Crippen LogP contribution in [0.5, 0.6) is 0 Å². The van der Waals surface area contributed by atoms with Gasteiger partial charge in [0, 0.05) is 5.92 Å². The Morgan fingerprint density at radius 2 is 1.89 bits per heavy atom. The smallest absolute Gasteiger partial charge is 0.228 e. The largest absolute Gasteiger partial charge is 0.384 e. The van der Waals surface area contributed by atoms with Gasteiger partial charge in [-0.2, -0.15) is 0 Å². The van der Waals surface area contributed by atoms with Gasteiger partial charge in [-0.1, -0.05) is 0 Å². The summed E-state index contributed by atoms with van der Waals surface area (Å²) in [5, 5.41) is 2.95. The standard InChI is InChI=1S/C13H17N3O.ClH/c14-11-6-5-10(7-15-11)16-13(17)12(8-1-2-8)9-3-4-9;/h5-9,12H,1-4H2,(H2,14,15)(H,16,17);1H. The van der Waals surface area contributed by atoms with Crippen LogP contribution in [0.15, 0.2) is 18.3 Å². The number of pyridine rings is 1. The number of nitrogens with zero attached hydrogens (tertiary/aromatic N) is 1. The molecule has 1 aromatic heterocycles. The van der Waals surface area contributed by atoms with Gasteiger partial charge >= 0.3 is 0 Å². The monoisotopic (exact) mass is 267 g/mol. The van der Waals surface area contributed by atoms with Crippen molar-refractivity contribution in [1.29, 1.82) is 0 Å². The lowest BCUT2D eigenvalue weighted by Crippen LogP contribution is -2.26. The van der Waals surface area contributed by atoms with Crippen molar-refractivity contribution in [3.8, 4) is 0 Å². The molecule has 5 heteroatoms. The average Bonchev–Trinajstić information content (AvgIpc) is 3.14. The molecule has 0 atom stereocenters. The molecule has 1 amide bonds. The van der Waals surface area contributed by atoms with Crippen LogP contribution in [0.25, 0.3) is 0 Å². The summed E-state index contributed by atoms with van der Waals surface area (Å²) < 4.78 is 0. The molecule has 0 spiro atoms. The van der Waals surface area contributed by atoms with Gasteiger partial charge in [0.15, 0.2) is 0 Å². The molecule has 0 unspecified atom stereocenters. The van der Waals surface area contributed by atoms with Crippen molar-refractivity contribution in [1.82, 2.24) is 4.98 Å². The lowest BCUT2D eigenvalue weighted by Gasteiger charge is -2.15. The molecule has 0 radical (unpaired) electrons. The summed E-state index contributed by atoms with van der Waals surface area (Å²) in [6.45, 7) is 0. The molecule has 98 valence electrons. The number of anilines is 2. The number of nitrogens with one attached hydrogen (secondary N) is 1. The molecule has 0 saturated heterocycles. The molecule has 3 N–H and O–H groups in total. The van der Waals surface area contributed by atoms with Gasteiger partial charge in [0.05, 0.1) is 11.9 Å². The Morgan fingerprint density at radius 3 is 2.33 bits per heavy atom.